The monoisotopic (exact) mass is 133 g/mol. The van der Waals surface area contributed by atoms with Crippen molar-refractivity contribution in [2.75, 3.05) is 13.1 Å². The molecule has 0 aromatic carbocycles. The maximum Gasteiger partial charge on any atom is 0.100 e. The summed E-state index contributed by atoms with van der Waals surface area (Å²) in [6, 6.07) is 0. The van der Waals surface area contributed by atoms with Crippen LogP contribution >= 0.6 is 0 Å². The number of nitrogens with zero attached hydrogens (tertiary/aromatic N) is 1. The largest absolute Gasteiger partial charge is 0.323 e. The highest BCUT2D eigenvalue weighted by Crippen LogP contribution is 1.95. The number of nitrogens with two attached hydrogens (primary N) is 1. The number of hydrogen-bond acceptors (Lipinski definition) is 5. The first-order valence-corrected chi connectivity index (χ1v) is 2.57. The standard InChI is InChI=1S/C4H11N3O2/c1-4(5,2-6-8)3-7-9/h6,8H,2-3,5H2,1H3. The molecule has 54 valence electrons. The highest BCUT2D eigenvalue weighted by Gasteiger charge is 2.17. The molecule has 0 aliphatic heterocycles. The summed E-state index contributed by atoms with van der Waals surface area (Å²) >= 11 is 0. The van der Waals surface area contributed by atoms with Gasteiger partial charge in [-0.1, -0.05) is 5.18 Å². The van der Waals surface area contributed by atoms with Crippen molar-refractivity contribution in [2.45, 2.75) is 12.5 Å². The molecule has 5 heteroatoms. The zero-order valence-electron chi connectivity index (χ0n) is 5.29. The first kappa shape index (κ1) is 8.48. The average Bonchev–Trinajstić information content (AvgIpc) is 1.64. The number of nitroso groups, excluding NO2 is 1. The molecule has 5 nitrogen and oxygen atoms in total. The lowest BCUT2D eigenvalue weighted by atomic mass is 10.1. The van der Waals surface area contributed by atoms with Gasteiger partial charge in [0.2, 0.25) is 0 Å². The number of hydroxylamine groups is 1. The molecule has 0 amide bonds. The van der Waals surface area contributed by atoms with Gasteiger partial charge in [0.25, 0.3) is 0 Å². The third-order valence-electron chi connectivity index (χ3n) is 0.909. The van der Waals surface area contributed by atoms with Crippen molar-refractivity contribution < 1.29 is 5.21 Å². The zero-order chi connectivity index (χ0) is 7.33. The summed E-state index contributed by atoms with van der Waals surface area (Å²) in [6.07, 6.45) is 0. The van der Waals surface area contributed by atoms with E-state index < -0.39 is 5.54 Å². The third-order valence-corrected chi connectivity index (χ3v) is 0.909. The molecular formula is C4H11N3O2. The van der Waals surface area contributed by atoms with E-state index in [9.17, 15) is 4.91 Å². The lowest BCUT2D eigenvalue weighted by Crippen LogP contribution is -2.47. The minimum Gasteiger partial charge on any atom is -0.323 e. The molecule has 0 aromatic rings. The second-order valence-electron chi connectivity index (χ2n) is 2.28. The maximum atomic E-state index is 9.66. The lowest BCUT2D eigenvalue weighted by molar-refractivity contribution is 0.145. The molecule has 0 bridgehead atoms. The minimum absolute atomic E-state index is 0.000556. The molecule has 0 aliphatic rings. The van der Waals surface area contributed by atoms with E-state index in [4.69, 9.17) is 10.9 Å². The Kier molecular flexibility index (Phi) is 3.29. The predicted molar refractivity (Wildman–Crippen MR) is 33.0 cm³/mol. The molecular weight excluding hydrogens is 122 g/mol. The molecule has 0 rings (SSSR count). The van der Waals surface area contributed by atoms with Gasteiger partial charge in [0.05, 0.1) is 5.54 Å². The first-order valence-electron chi connectivity index (χ1n) is 2.57. The van der Waals surface area contributed by atoms with E-state index in [1.54, 1.807) is 6.92 Å². The zero-order valence-corrected chi connectivity index (χ0v) is 5.29. The fraction of sp³-hybridized carbons (Fsp3) is 1.00. The molecule has 9 heavy (non-hydrogen) atoms. The molecule has 0 spiro atoms. The Morgan fingerprint density at radius 3 is 2.78 bits per heavy atom. The molecule has 0 saturated carbocycles. The summed E-state index contributed by atoms with van der Waals surface area (Å²) in [5.74, 6) is 0. The van der Waals surface area contributed by atoms with E-state index in [1.165, 1.54) is 0 Å². The summed E-state index contributed by atoms with van der Waals surface area (Å²) in [6.45, 7) is 1.79. The van der Waals surface area contributed by atoms with Gasteiger partial charge in [-0.15, -0.1) is 0 Å². The Morgan fingerprint density at radius 2 is 2.44 bits per heavy atom. The molecule has 0 radical (unpaired) electrons. The predicted octanol–water partition coefficient (Wildman–Crippen LogP) is -0.551. The van der Waals surface area contributed by atoms with Gasteiger partial charge in [0.15, 0.2) is 0 Å². The Labute approximate surface area is 53.2 Å². The Balaban J connectivity index is 3.55. The second kappa shape index (κ2) is 3.49. The fourth-order valence-corrected chi connectivity index (χ4v) is 0.384. The maximum absolute atomic E-state index is 9.66. The normalized spacial score (nSPS) is 16.8. The Hall–Kier alpha value is -0.520. The lowest BCUT2D eigenvalue weighted by Gasteiger charge is -2.18. The molecule has 0 aliphatic carbocycles. The van der Waals surface area contributed by atoms with Crippen molar-refractivity contribution in [1.82, 2.24) is 5.48 Å². The van der Waals surface area contributed by atoms with Crippen molar-refractivity contribution in [3.8, 4) is 0 Å². The number of hydrogen-bond donors (Lipinski definition) is 3. The van der Waals surface area contributed by atoms with Gasteiger partial charge in [0.1, 0.15) is 6.54 Å². The van der Waals surface area contributed by atoms with Crippen LogP contribution in [-0.4, -0.2) is 23.8 Å². The summed E-state index contributed by atoms with van der Waals surface area (Å²) in [5, 5.41) is 10.8. The van der Waals surface area contributed by atoms with Crippen LogP contribution in [0.25, 0.3) is 0 Å². The van der Waals surface area contributed by atoms with Gasteiger partial charge >= 0.3 is 0 Å². The van der Waals surface area contributed by atoms with Crippen LogP contribution in [0.4, 0.5) is 0 Å². The van der Waals surface area contributed by atoms with Gasteiger partial charge in [-0.25, -0.2) is 5.48 Å². The smallest absolute Gasteiger partial charge is 0.100 e. The highest BCUT2D eigenvalue weighted by atomic mass is 16.5. The van der Waals surface area contributed by atoms with Crippen molar-refractivity contribution in [3.63, 3.8) is 0 Å². The summed E-state index contributed by atoms with van der Waals surface area (Å²) in [7, 11) is 0. The quantitative estimate of drug-likeness (QED) is 0.354. The Morgan fingerprint density at radius 1 is 1.89 bits per heavy atom. The highest BCUT2D eigenvalue weighted by molar-refractivity contribution is 4.81. The van der Waals surface area contributed by atoms with E-state index in [-0.39, 0.29) is 13.1 Å². The van der Waals surface area contributed by atoms with E-state index in [2.05, 4.69) is 5.18 Å². The van der Waals surface area contributed by atoms with E-state index in [0.717, 1.165) is 0 Å². The summed E-state index contributed by atoms with van der Waals surface area (Å²) < 4.78 is 0. The Bertz CT molecular complexity index is 93.8. The topological polar surface area (TPSA) is 87.7 Å². The molecule has 1 unspecified atom stereocenters. The van der Waals surface area contributed by atoms with Crippen molar-refractivity contribution >= 4 is 0 Å². The van der Waals surface area contributed by atoms with Crippen LogP contribution in [0.1, 0.15) is 6.92 Å². The molecule has 0 fully saturated rings. The van der Waals surface area contributed by atoms with Gasteiger partial charge in [-0.05, 0) is 6.92 Å². The van der Waals surface area contributed by atoms with E-state index in [1.807, 2.05) is 5.48 Å². The van der Waals surface area contributed by atoms with Crippen LogP contribution in [0, 0.1) is 4.91 Å². The third kappa shape index (κ3) is 4.01. The molecule has 1 atom stereocenters. The van der Waals surface area contributed by atoms with Crippen LogP contribution in [0.3, 0.4) is 0 Å². The van der Waals surface area contributed by atoms with Gasteiger partial charge in [-0.2, -0.15) is 4.91 Å². The van der Waals surface area contributed by atoms with Crippen LogP contribution in [0.5, 0.6) is 0 Å². The molecule has 0 saturated heterocycles. The van der Waals surface area contributed by atoms with Gasteiger partial charge < -0.3 is 10.9 Å². The number of rotatable bonds is 4. The van der Waals surface area contributed by atoms with Gasteiger partial charge in [-0.3, -0.25) is 0 Å². The van der Waals surface area contributed by atoms with Crippen LogP contribution in [-0.2, 0) is 0 Å². The van der Waals surface area contributed by atoms with E-state index >= 15 is 0 Å². The first-order chi connectivity index (χ1) is 4.12. The van der Waals surface area contributed by atoms with E-state index in [0.29, 0.717) is 0 Å². The summed E-state index contributed by atoms with van der Waals surface area (Å²) in [4.78, 5) is 9.66. The molecule has 0 aromatic heterocycles. The van der Waals surface area contributed by atoms with Crippen LogP contribution in [0.2, 0.25) is 0 Å². The molecule has 4 N–H and O–H groups in total. The van der Waals surface area contributed by atoms with Crippen molar-refractivity contribution in [1.29, 1.82) is 0 Å². The van der Waals surface area contributed by atoms with Gasteiger partial charge in [0, 0.05) is 6.54 Å². The van der Waals surface area contributed by atoms with Crippen molar-refractivity contribution in [3.05, 3.63) is 4.91 Å². The number of nitrogens with one attached hydrogen (secondary N) is 1. The summed E-state index contributed by atoms with van der Waals surface area (Å²) in [5.41, 5.74) is 6.55. The average molecular weight is 133 g/mol. The van der Waals surface area contributed by atoms with Crippen LogP contribution in [0.15, 0.2) is 5.18 Å². The second-order valence-corrected chi connectivity index (χ2v) is 2.28. The molecule has 0 heterocycles. The van der Waals surface area contributed by atoms with Crippen LogP contribution < -0.4 is 11.2 Å². The SMILES string of the molecule is CC(N)(CN=O)CNO. The van der Waals surface area contributed by atoms with Crippen molar-refractivity contribution in [2.24, 2.45) is 10.9 Å². The fourth-order valence-electron chi connectivity index (χ4n) is 0.384. The minimum atomic E-state index is -0.740.